The normalized spacial score (nSPS) is 10.6. The molecule has 0 aliphatic rings. The Morgan fingerprint density at radius 2 is 2.00 bits per heavy atom. The van der Waals surface area contributed by atoms with E-state index in [-0.39, 0.29) is 18.7 Å². The molecule has 0 bridgehead atoms. The molecule has 0 saturated heterocycles. The number of ketones is 1. The number of carboxylic acid groups (broad SMARTS) is 1. The van der Waals surface area contributed by atoms with E-state index in [1.165, 1.54) is 12.8 Å². The molecule has 0 spiro atoms. The van der Waals surface area contributed by atoms with Crippen molar-refractivity contribution in [1.82, 2.24) is 5.32 Å². The molecule has 21 heavy (non-hydrogen) atoms. The van der Waals surface area contributed by atoms with E-state index < -0.39 is 6.09 Å². The van der Waals surface area contributed by atoms with Gasteiger partial charge in [0.05, 0.1) is 0 Å². The van der Waals surface area contributed by atoms with Crippen LogP contribution in [0.15, 0.2) is 29.2 Å². The summed E-state index contributed by atoms with van der Waals surface area (Å²) >= 11 is 1.78. The minimum Gasteiger partial charge on any atom is -0.465 e. The maximum Gasteiger partial charge on any atom is 0.404 e. The van der Waals surface area contributed by atoms with E-state index in [1.807, 2.05) is 18.2 Å². The summed E-state index contributed by atoms with van der Waals surface area (Å²) in [5.41, 5.74) is 0.650. The first-order valence-electron chi connectivity index (χ1n) is 7.29. The zero-order valence-corrected chi connectivity index (χ0v) is 13.4. The lowest BCUT2D eigenvalue weighted by atomic mass is 10.1. The van der Waals surface area contributed by atoms with Gasteiger partial charge in [0.25, 0.3) is 0 Å². The average Bonchev–Trinajstić information content (AvgIpc) is 2.48. The van der Waals surface area contributed by atoms with Gasteiger partial charge in [-0.25, -0.2) is 4.79 Å². The van der Waals surface area contributed by atoms with E-state index in [1.54, 1.807) is 17.8 Å². The molecule has 1 rings (SSSR count). The molecule has 1 aromatic carbocycles. The van der Waals surface area contributed by atoms with Crippen molar-refractivity contribution in [2.75, 3.05) is 12.3 Å². The largest absolute Gasteiger partial charge is 0.465 e. The third-order valence-corrected chi connectivity index (χ3v) is 4.65. The number of carbonyl (C=O) groups is 2. The number of nitrogens with one attached hydrogen (secondary N) is 1. The van der Waals surface area contributed by atoms with Crippen molar-refractivity contribution >= 4 is 23.6 Å². The summed E-state index contributed by atoms with van der Waals surface area (Å²) in [5.74, 6) is 1.73. The molecule has 0 aromatic heterocycles. The van der Waals surface area contributed by atoms with Crippen LogP contribution < -0.4 is 5.32 Å². The van der Waals surface area contributed by atoms with Crippen molar-refractivity contribution in [2.45, 2.75) is 38.0 Å². The van der Waals surface area contributed by atoms with Crippen LogP contribution in [-0.2, 0) is 0 Å². The number of Topliss-reactive ketones (excluding diaryl/α,β-unsaturated/α-hetero) is 1. The lowest BCUT2D eigenvalue weighted by Gasteiger charge is -2.11. The summed E-state index contributed by atoms with van der Waals surface area (Å²) < 4.78 is 0. The fourth-order valence-electron chi connectivity index (χ4n) is 1.93. The fraction of sp³-hybridized carbons (Fsp3) is 0.500. The summed E-state index contributed by atoms with van der Waals surface area (Å²) in [6.07, 6.45) is 1.43. The molecule has 5 heteroatoms. The number of hydrogen-bond acceptors (Lipinski definition) is 3. The van der Waals surface area contributed by atoms with Crippen LogP contribution in [0, 0.1) is 5.92 Å². The molecular weight excluding hydrogens is 286 g/mol. The Bertz CT molecular complexity index is 472. The Balaban J connectivity index is 2.54. The second-order valence-corrected chi connectivity index (χ2v) is 6.02. The van der Waals surface area contributed by atoms with Crippen LogP contribution in [-0.4, -0.2) is 29.3 Å². The van der Waals surface area contributed by atoms with Crippen LogP contribution in [0.5, 0.6) is 0 Å². The molecule has 1 amide bonds. The van der Waals surface area contributed by atoms with E-state index >= 15 is 0 Å². The van der Waals surface area contributed by atoms with Crippen LogP contribution in [0.3, 0.4) is 0 Å². The number of amides is 1. The van der Waals surface area contributed by atoms with Gasteiger partial charge >= 0.3 is 6.09 Å². The Morgan fingerprint density at radius 3 is 2.62 bits per heavy atom. The SMILES string of the molecule is CCC(CC)CSc1cccc(C(=O)CCNC(=O)O)c1. The highest BCUT2D eigenvalue weighted by Gasteiger charge is 2.09. The summed E-state index contributed by atoms with van der Waals surface area (Å²) in [7, 11) is 0. The number of benzene rings is 1. The van der Waals surface area contributed by atoms with Gasteiger partial charge < -0.3 is 10.4 Å². The van der Waals surface area contributed by atoms with Crippen molar-refractivity contribution in [1.29, 1.82) is 0 Å². The summed E-state index contributed by atoms with van der Waals surface area (Å²) in [6.45, 7) is 4.55. The lowest BCUT2D eigenvalue weighted by Crippen LogP contribution is -2.23. The van der Waals surface area contributed by atoms with E-state index in [0.717, 1.165) is 10.6 Å². The third-order valence-electron chi connectivity index (χ3n) is 3.42. The van der Waals surface area contributed by atoms with Gasteiger partial charge in [-0.3, -0.25) is 4.79 Å². The van der Waals surface area contributed by atoms with Crippen molar-refractivity contribution in [3.05, 3.63) is 29.8 Å². The molecule has 4 nitrogen and oxygen atoms in total. The smallest absolute Gasteiger partial charge is 0.404 e. The molecule has 1 aromatic rings. The van der Waals surface area contributed by atoms with Gasteiger partial charge in [0.2, 0.25) is 0 Å². The van der Waals surface area contributed by atoms with E-state index in [2.05, 4.69) is 19.2 Å². The fourth-order valence-corrected chi connectivity index (χ4v) is 3.21. The molecular formula is C16H23NO3S. The summed E-state index contributed by atoms with van der Waals surface area (Å²) in [5, 5.41) is 10.7. The van der Waals surface area contributed by atoms with Gasteiger partial charge in [-0.15, -0.1) is 11.8 Å². The molecule has 0 atom stereocenters. The monoisotopic (exact) mass is 309 g/mol. The Labute approximate surface area is 130 Å². The summed E-state index contributed by atoms with van der Waals surface area (Å²) in [4.78, 5) is 23.4. The van der Waals surface area contributed by atoms with Gasteiger partial charge in [-0.05, 0) is 18.1 Å². The minimum atomic E-state index is -1.10. The quantitative estimate of drug-likeness (QED) is 0.533. The van der Waals surface area contributed by atoms with E-state index in [9.17, 15) is 9.59 Å². The number of hydrogen-bond donors (Lipinski definition) is 2. The van der Waals surface area contributed by atoms with Gasteiger partial charge in [-0.2, -0.15) is 0 Å². The van der Waals surface area contributed by atoms with Crippen LogP contribution in [0.2, 0.25) is 0 Å². The van der Waals surface area contributed by atoms with Crippen LogP contribution in [0.1, 0.15) is 43.5 Å². The highest BCUT2D eigenvalue weighted by Crippen LogP contribution is 2.24. The summed E-state index contributed by atoms with van der Waals surface area (Å²) in [6, 6.07) is 7.58. The van der Waals surface area contributed by atoms with Gasteiger partial charge in [-0.1, -0.05) is 38.8 Å². The van der Waals surface area contributed by atoms with E-state index in [4.69, 9.17) is 5.11 Å². The Morgan fingerprint density at radius 1 is 1.29 bits per heavy atom. The molecule has 0 saturated carbocycles. The maximum atomic E-state index is 12.0. The highest BCUT2D eigenvalue weighted by atomic mass is 32.2. The molecule has 116 valence electrons. The minimum absolute atomic E-state index is 0.0336. The highest BCUT2D eigenvalue weighted by molar-refractivity contribution is 7.99. The second kappa shape index (κ2) is 9.45. The van der Waals surface area contributed by atoms with Crippen molar-refractivity contribution < 1.29 is 14.7 Å². The van der Waals surface area contributed by atoms with Crippen LogP contribution >= 0.6 is 11.8 Å². The van der Waals surface area contributed by atoms with Gasteiger partial charge in [0.15, 0.2) is 5.78 Å². The molecule has 0 aliphatic heterocycles. The van der Waals surface area contributed by atoms with Gasteiger partial charge in [0.1, 0.15) is 0 Å². The standard InChI is InChI=1S/C16H23NO3S/c1-3-12(4-2)11-21-14-7-5-6-13(10-14)15(18)8-9-17-16(19)20/h5-7,10,12,17H,3-4,8-9,11H2,1-2H3,(H,19,20). The third kappa shape index (κ3) is 6.67. The second-order valence-electron chi connectivity index (χ2n) is 4.93. The number of thioether (sulfide) groups is 1. The number of carbonyl (C=O) groups excluding carboxylic acids is 1. The molecule has 0 aliphatic carbocycles. The number of rotatable bonds is 9. The molecule has 0 heterocycles. The Kier molecular flexibility index (Phi) is 7.90. The van der Waals surface area contributed by atoms with Crippen molar-refractivity contribution in [3.8, 4) is 0 Å². The van der Waals surface area contributed by atoms with Gasteiger partial charge in [0, 0.05) is 29.2 Å². The molecule has 2 N–H and O–H groups in total. The van der Waals surface area contributed by atoms with Crippen molar-refractivity contribution in [3.63, 3.8) is 0 Å². The lowest BCUT2D eigenvalue weighted by molar-refractivity contribution is 0.0982. The van der Waals surface area contributed by atoms with Crippen LogP contribution in [0.25, 0.3) is 0 Å². The topological polar surface area (TPSA) is 66.4 Å². The predicted octanol–water partition coefficient (Wildman–Crippen LogP) is 4.06. The van der Waals surface area contributed by atoms with Crippen LogP contribution in [0.4, 0.5) is 4.79 Å². The Hall–Kier alpha value is -1.49. The maximum absolute atomic E-state index is 12.0. The molecule has 0 fully saturated rings. The molecule has 0 unspecified atom stereocenters. The predicted molar refractivity (Wildman–Crippen MR) is 86.2 cm³/mol. The molecule has 0 radical (unpaired) electrons. The zero-order valence-electron chi connectivity index (χ0n) is 12.6. The first-order valence-corrected chi connectivity index (χ1v) is 8.28. The zero-order chi connectivity index (χ0) is 15.7. The first kappa shape index (κ1) is 17.6. The first-order chi connectivity index (χ1) is 10.1. The average molecular weight is 309 g/mol. The van der Waals surface area contributed by atoms with Crippen molar-refractivity contribution in [2.24, 2.45) is 5.92 Å². The van der Waals surface area contributed by atoms with E-state index in [0.29, 0.717) is 11.5 Å².